The van der Waals surface area contributed by atoms with Crippen molar-refractivity contribution in [2.75, 3.05) is 5.73 Å². The first-order valence-electron chi connectivity index (χ1n) is 6.84. The molecule has 0 unspecified atom stereocenters. The highest BCUT2D eigenvalue weighted by Crippen LogP contribution is 2.32. The molecule has 0 bridgehead atoms. The molecule has 1 saturated carbocycles. The summed E-state index contributed by atoms with van der Waals surface area (Å²) in [5.74, 6) is 0. The Balaban J connectivity index is 2.07. The fourth-order valence-corrected chi connectivity index (χ4v) is 2.62. The van der Waals surface area contributed by atoms with Crippen LogP contribution in [0.15, 0.2) is 24.3 Å². The molecule has 0 amide bonds. The molecule has 0 radical (unpaired) electrons. The molecule has 0 saturated heterocycles. The number of benzene rings is 1. The molecule has 0 aromatic heterocycles. The molecular weight excluding hydrogens is 208 g/mol. The van der Waals surface area contributed by atoms with Gasteiger partial charge in [0.25, 0.3) is 0 Å². The molecule has 1 aromatic carbocycles. The van der Waals surface area contributed by atoms with Crippen LogP contribution in [0.4, 0.5) is 5.69 Å². The lowest BCUT2D eigenvalue weighted by Gasteiger charge is -2.30. The van der Waals surface area contributed by atoms with Gasteiger partial charge in [0, 0.05) is 24.3 Å². The first-order chi connectivity index (χ1) is 8.24. The maximum absolute atomic E-state index is 5.85. The Kier molecular flexibility index (Phi) is 4.06. The zero-order valence-corrected chi connectivity index (χ0v) is 11.0. The van der Waals surface area contributed by atoms with Gasteiger partial charge in [-0.05, 0) is 43.4 Å². The molecule has 0 heterocycles. The molecule has 2 N–H and O–H groups in total. The predicted octanol–water partition coefficient (Wildman–Crippen LogP) is 3.42. The summed E-state index contributed by atoms with van der Waals surface area (Å²) in [4.78, 5) is 2.68. The van der Waals surface area contributed by atoms with Crippen molar-refractivity contribution in [1.29, 1.82) is 0 Å². The van der Waals surface area contributed by atoms with E-state index in [4.69, 9.17) is 5.73 Å². The van der Waals surface area contributed by atoms with Crippen LogP contribution < -0.4 is 5.73 Å². The van der Waals surface area contributed by atoms with Gasteiger partial charge >= 0.3 is 0 Å². The first-order valence-corrected chi connectivity index (χ1v) is 6.84. The van der Waals surface area contributed by atoms with E-state index in [1.807, 2.05) is 6.07 Å². The highest BCUT2D eigenvalue weighted by Gasteiger charge is 2.32. The van der Waals surface area contributed by atoms with E-state index < -0.39 is 0 Å². The summed E-state index contributed by atoms with van der Waals surface area (Å²) in [6, 6.07) is 9.86. The minimum absolute atomic E-state index is 0.726. The minimum atomic E-state index is 0.726. The number of hydrogen-bond donors (Lipinski definition) is 1. The summed E-state index contributed by atoms with van der Waals surface area (Å²) < 4.78 is 0. The summed E-state index contributed by atoms with van der Waals surface area (Å²) >= 11 is 0. The number of hydrogen-bond acceptors (Lipinski definition) is 2. The zero-order valence-electron chi connectivity index (χ0n) is 11.0. The fourth-order valence-electron chi connectivity index (χ4n) is 2.62. The fraction of sp³-hybridized carbons (Fsp3) is 0.600. The number of rotatable bonds is 6. The van der Waals surface area contributed by atoms with Gasteiger partial charge in [-0.1, -0.05) is 26.0 Å². The standard InChI is InChI=1S/C15H24N2/c1-3-14(4-2)17(15-8-9-15)11-12-6-5-7-13(16)10-12/h5-7,10,14-15H,3-4,8-9,11,16H2,1-2H3. The molecule has 1 fully saturated rings. The van der Waals surface area contributed by atoms with E-state index in [9.17, 15) is 0 Å². The Morgan fingerprint density at radius 1 is 1.29 bits per heavy atom. The summed E-state index contributed by atoms with van der Waals surface area (Å²) in [7, 11) is 0. The summed E-state index contributed by atoms with van der Waals surface area (Å²) in [6.07, 6.45) is 5.24. The topological polar surface area (TPSA) is 29.3 Å². The van der Waals surface area contributed by atoms with Crippen molar-refractivity contribution in [3.8, 4) is 0 Å². The average molecular weight is 232 g/mol. The van der Waals surface area contributed by atoms with Crippen LogP contribution in [0.5, 0.6) is 0 Å². The van der Waals surface area contributed by atoms with Crippen LogP contribution in [0.2, 0.25) is 0 Å². The monoisotopic (exact) mass is 232 g/mol. The summed E-state index contributed by atoms with van der Waals surface area (Å²) in [6.45, 7) is 5.65. The predicted molar refractivity (Wildman–Crippen MR) is 73.8 cm³/mol. The Hall–Kier alpha value is -1.02. The normalized spacial score (nSPS) is 15.8. The van der Waals surface area contributed by atoms with Crippen molar-refractivity contribution in [3.63, 3.8) is 0 Å². The third-order valence-electron chi connectivity index (χ3n) is 3.74. The van der Waals surface area contributed by atoms with Crippen LogP contribution in [0.1, 0.15) is 45.1 Å². The molecule has 0 atom stereocenters. The molecule has 1 aromatic rings. The molecular formula is C15H24N2. The Bertz CT molecular complexity index is 354. The van der Waals surface area contributed by atoms with Crippen LogP contribution in [0.3, 0.4) is 0 Å². The van der Waals surface area contributed by atoms with Gasteiger partial charge in [-0.15, -0.1) is 0 Å². The molecule has 94 valence electrons. The average Bonchev–Trinajstić information content (AvgIpc) is 3.13. The van der Waals surface area contributed by atoms with Crippen LogP contribution in [-0.4, -0.2) is 17.0 Å². The maximum Gasteiger partial charge on any atom is 0.0317 e. The molecule has 0 aliphatic heterocycles. The summed E-state index contributed by atoms with van der Waals surface area (Å²) in [5, 5.41) is 0. The Morgan fingerprint density at radius 3 is 2.53 bits per heavy atom. The lowest BCUT2D eigenvalue weighted by Crippen LogP contribution is -2.35. The number of nitrogen functional groups attached to an aromatic ring is 1. The van der Waals surface area contributed by atoms with E-state index in [-0.39, 0.29) is 0 Å². The number of nitrogens with zero attached hydrogens (tertiary/aromatic N) is 1. The first kappa shape index (κ1) is 12.4. The Labute approximate surface area is 105 Å². The lowest BCUT2D eigenvalue weighted by atomic mass is 10.1. The highest BCUT2D eigenvalue weighted by molar-refractivity contribution is 5.40. The van der Waals surface area contributed by atoms with E-state index >= 15 is 0 Å². The largest absolute Gasteiger partial charge is 0.399 e. The van der Waals surface area contributed by atoms with Gasteiger partial charge in [-0.25, -0.2) is 0 Å². The van der Waals surface area contributed by atoms with Crippen molar-refractivity contribution in [2.45, 2.75) is 58.2 Å². The van der Waals surface area contributed by atoms with Gasteiger partial charge in [0.2, 0.25) is 0 Å². The quantitative estimate of drug-likeness (QED) is 0.761. The van der Waals surface area contributed by atoms with E-state index in [1.165, 1.54) is 31.2 Å². The summed E-state index contributed by atoms with van der Waals surface area (Å²) in [5.41, 5.74) is 8.08. The molecule has 1 aliphatic rings. The van der Waals surface area contributed by atoms with Crippen LogP contribution in [0, 0.1) is 0 Å². The van der Waals surface area contributed by atoms with Crippen molar-refractivity contribution < 1.29 is 0 Å². The van der Waals surface area contributed by atoms with Gasteiger partial charge in [-0.2, -0.15) is 0 Å². The second-order valence-corrected chi connectivity index (χ2v) is 5.12. The highest BCUT2D eigenvalue weighted by atomic mass is 15.2. The van der Waals surface area contributed by atoms with Gasteiger partial charge in [0.05, 0.1) is 0 Å². The van der Waals surface area contributed by atoms with Crippen molar-refractivity contribution in [3.05, 3.63) is 29.8 Å². The SMILES string of the molecule is CCC(CC)N(Cc1cccc(N)c1)C1CC1. The second kappa shape index (κ2) is 5.54. The van der Waals surface area contributed by atoms with Crippen molar-refractivity contribution >= 4 is 5.69 Å². The number of nitrogens with two attached hydrogens (primary N) is 1. The van der Waals surface area contributed by atoms with Crippen molar-refractivity contribution in [1.82, 2.24) is 4.90 Å². The van der Waals surface area contributed by atoms with Gasteiger partial charge in [0.15, 0.2) is 0 Å². The van der Waals surface area contributed by atoms with Crippen LogP contribution >= 0.6 is 0 Å². The van der Waals surface area contributed by atoms with E-state index in [2.05, 4.69) is 36.9 Å². The maximum atomic E-state index is 5.85. The van der Waals surface area contributed by atoms with E-state index in [1.54, 1.807) is 0 Å². The van der Waals surface area contributed by atoms with E-state index in [0.29, 0.717) is 0 Å². The molecule has 2 nitrogen and oxygen atoms in total. The number of anilines is 1. The van der Waals surface area contributed by atoms with Crippen molar-refractivity contribution in [2.24, 2.45) is 0 Å². The third kappa shape index (κ3) is 3.22. The minimum Gasteiger partial charge on any atom is -0.399 e. The lowest BCUT2D eigenvalue weighted by molar-refractivity contribution is 0.167. The molecule has 1 aliphatic carbocycles. The third-order valence-corrected chi connectivity index (χ3v) is 3.74. The van der Waals surface area contributed by atoms with Gasteiger partial charge < -0.3 is 5.73 Å². The molecule has 0 spiro atoms. The van der Waals surface area contributed by atoms with Gasteiger partial charge in [-0.3, -0.25) is 4.90 Å². The molecule has 2 heteroatoms. The zero-order chi connectivity index (χ0) is 12.3. The smallest absolute Gasteiger partial charge is 0.0317 e. The molecule has 17 heavy (non-hydrogen) atoms. The molecule has 2 rings (SSSR count). The van der Waals surface area contributed by atoms with E-state index in [0.717, 1.165) is 24.3 Å². The Morgan fingerprint density at radius 2 is 2.00 bits per heavy atom. The van der Waals surface area contributed by atoms with Crippen LogP contribution in [-0.2, 0) is 6.54 Å². The van der Waals surface area contributed by atoms with Crippen LogP contribution in [0.25, 0.3) is 0 Å². The van der Waals surface area contributed by atoms with Gasteiger partial charge in [0.1, 0.15) is 0 Å². The second-order valence-electron chi connectivity index (χ2n) is 5.12.